The Labute approximate surface area is 257 Å². The van der Waals surface area contributed by atoms with E-state index in [2.05, 4.69) is 151 Å². The molecule has 3 nitrogen and oxygen atoms in total. The number of rotatable bonds is 5. The molecule has 2 heterocycles. The molecule has 0 saturated carbocycles. The average molecular weight is 566 g/mol. The summed E-state index contributed by atoms with van der Waals surface area (Å²) in [7, 11) is 0. The van der Waals surface area contributed by atoms with Gasteiger partial charge in [-0.1, -0.05) is 134 Å². The minimum absolute atomic E-state index is 0.00642. The van der Waals surface area contributed by atoms with Crippen molar-refractivity contribution in [3.8, 4) is 16.8 Å². The number of aromatic nitrogens is 1. The van der Waals surface area contributed by atoms with Crippen LogP contribution in [0.15, 0.2) is 168 Å². The lowest BCUT2D eigenvalue weighted by atomic mass is 9.85. The predicted octanol–water partition coefficient (Wildman–Crippen LogP) is 10.1. The zero-order chi connectivity index (χ0) is 29.5. The number of amidine groups is 1. The molecule has 2 unspecified atom stereocenters. The van der Waals surface area contributed by atoms with Gasteiger partial charge >= 0.3 is 0 Å². The van der Waals surface area contributed by atoms with Crippen molar-refractivity contribution < 1.29 is 0 Å². The maximum atomic E-state index is 5.18. The van der Waals surface area contributed by atoms with Gasteiger partial charge < -0.3 is 4.57 Å². The SMILES string of the molecule is CC1C(c2cccc(-c3ccc(-n4c5ccccc5c5ccccc54)cc3)c2)=NC(c2ccccc2)=NC1c1ccccc1. The molecule has 1 aliphatic heterocycles. The molecular formula is C41H31N3. The molecule has 0 N–H and O–H groups in total. The van der Waals surface area contributed by atoms with Gasteiger partial charge in [0.15, 0.2) is 5.84 Å². The van der Waals surface area contributed by atoms with Gasteiger partial charge in [0, 0.05) is 27.9 Å². The number of hydrogen-bond donors (Lipinski definition) is 0. The minimum Gasteiger partial charge on any atom is -0.309 e. The second-order valence-electron chi connectivity index (χ2n) is 11.5. The Morgan fingerprint density at radius 1 is 0.500 bits per heavy atom. The van der Waals surface area contributed by atoms with E-state index in [0.29, 0.717) is 0 Å². The van der Waals surface area contributed by atoms with Crippen LogP contribution in [0.3, 0.4) is 0 Å². The van der Waals surface area contributed by atoms with Crippen molar-refractivity contribution >= 4 is 33.4 Å². The lowest BCUT2D eigenvalue weighted by Crippen LogP contribution is -2.26. The van der Waals surface area contributed by atoms with Crippen molar-refractivity contribution in [3.05, 3.63) is 174 Å². The summed E-state index contributed by atoms with van der Waals surface area (Å²) in [5.74, 6) is 0.909. The molecule has 8 rings (SSSR count). The smallest absolute Gasteiger partial charge is 0.155 e. The highest BCUT2D eigenvalue weighted by molar-refractivity contribution is 6.15. The number of nitrogens with zero attached hydrogens (tertiary/aromatic N) is 3. The maximum absolute atomic E-state index is 5.18. The van der Waals surface area contributed by atoms with E-state index in [1.165, 1.54) is 38.5 Å². The first-order valence-electron chi connectivity index (χ1n) is 15.2. The monoisotopic (exact) mass is 565 g/mol. The second-order valence-corrected chi connectivity index (χ2v) is 11.5. The molecule has 210 valence electrons. The van der Waals surface area contributed by atoms with E-state index in [4.69, 9.17) is 9.98 Å². The maximum Gasteiger partial charge on any atom is 0.155 e. The number of hydrogen-bond acceptors (Lipinski definition) is 2. The lowest BCUT2D eigenvalue weighted by molar-refractivity contribution is 0.592. The van der Waals surface area contributed by atoms with Crippen molar-refractivity contribution in [2.24, 2.45) is 15.9 Å². The summed E-state index contributed by atoms with van der Waals surface area (Å²) in [6.45, 7) is 2.25. The molecule has 44 heavy (non-hydrogen) atoms. The van der Waals surface area contributed by atoms with Crippen LogP contribution in [0.5, 0.6) is 0 Å². The fourth-order valence-electron chi connectivity index (χ4n) is 6.57. The van der Waals surface area contributed by atoms with Crippen molar-refractivity contribution in [3.63, 3.8) is 0 Å². The van der Waals surface area contributed by atoms with Crippen molar-refractivity contribution in [2.45, 2.75) is 13.0 Å². The van der Waals surface area contributed by atoms with Crippen LogP contribution in [0.1, 0.15) is 29.7 Å². The number of para-hydroxylation sites is 2. The summed E-state index contributed by atoms with van der Waals surface area (Å²) < 4.78 is 2.36. The molecule has 3 heteroatoms. The highest BCUT2D eigenvalue weighted by Crippen LogP contribution is 2.36. The summed E-state index contributed by atoms with van der Waals surface area (Å²) in [6, 6.07) is 55.9. The van der Waals surface area contributed by atoms with Gasteiger partial charge in [-0.25, -0.2) is 4.99 Å². The van der Waals surface area contributed by atoms with E-state index in [9.17, 15) is 0 Å². The fraction of sp³-hybridized carbons (Fsp3) is 0.0732. The van der Waals surface area contributed by atoms with Gasteiger partial charge in [-0.2, -0.15) is 0 Å². The van der Waals surface area contributed by atoms with Crippen LogP contribution >= 0.6 is 0 Å². The van der Waals surface area contributed by atoms with Crippen LogP contribution < -0.4 is 0 Å². The molecule has 0 radical (unpaired) electrons. The van der Waals surface area contributed by atoms with Gasteiger partial charge in [-0.05, 0) is 52.6 Å². The fourth-order valence-corrected chi connectivity index (χ4v) is 6.57. The quantitative estimate of drug-likeness (QED) is 0.199. The Bertz CT molecular complexity index is 2120. The first-order valence-corrected chi connectivity index (χ1v) is 15.2. The number of aliphatic imine (C=N–C) groups is 2. The Morgan fingerprint density at radius 2 is 1.07 bits per heavy atom. The van der Waals surface area contributed by atoms with Crippen LogP contribution in [-0.4, -0.2) is 16.1 Å². The highest BCUT2D eigenvalue weighted by Gasteiger charge is 2.29. The molecule has 0 amide bonds. The summed E-state index contributed by atoms with van der Waals surface area (Å²) in [5.41, 5.74) is 10.4. The second kappa shape index (κ2) is 10.9. The zero-order valence-electron chi connectivity index (χ0n) is 24.5. The van der Waals surface area contributed by atoms with Crippen LogP contribution in [0, 0.1) is 5.92 Å². The third kappa shape index (κ3) is 4.54. The highest BCUT2D eigenvalue weighted by atomic mass is 15.0. The van der Waals surface area contributed by atoms with Gasteiger partial charge in [0.05, 0.1) is 22.8 Å². The van der Waals surface area contributed by atoms with E-state index >= 15 is 0 Å². The number of benzene rings is 6. The molecule has 6 aromatic carbocycles. The first-order chi connectivity index (χ1) is 21.7. The molecule has 0 spiro atoms. The van der Waals surface area contributed by atoms with Crippen LogP contribution in [-0.2, 0) is 0 Å². The van der Waals surface area contributed by atoms with E-state index < -0.39 is 0 Å². The van der Waals surface area contributed by atoms with Gasteiger partial charge in [0.2, 0.25) is 0 Å². The normalized spacial score (nSPS) is 16.6. The third-order valence-electron chi connectivity index (χ3n) is 8.76. The largest absolute Gasteiger partial charge is 0.309 e. The van der Waals surface area contributed by atoms with E-state index in [0.717, 1.165) is 28.4 Å². The molecule has 0 fully saturated rings. The van der Waals surface area contributed by atoms with Crippen LogP contribution in [0.25, 0.3) is 38.6 Å². The molecule has 7 aromatic rings. The van der Waals surface area contributed by atoms with Crippen molar-refractivity contribution in [1.82, 2.24) is 4.57 Å². The molecule has 2 atom stereocenters. The standard InChI is InChI=1S/C41H31N3/c1-28-39(30-13-4-2-5-14-30)42-41(31-15-6-3-7-16-31)43-40(28)33-18-12-17-32(27-33)29-23-25-34(26-24-29)44-37-21-10-8-19-35(37)36-20-9-11-22-38(36)44/h2-28,39H,1H3. The van der Waals surface area contributed by atoms with Crippen LogP contribution in [0.4, 0.5) is 0 Å². The molecular weight excluding hydrogens is 534 g/mol. The topological polar surface area (TPSA) is 29.6 Å². The van der Waals surface area contributed by atoms with Crippen molar-refractivity contribution in [2.75, 3.05) is 0 Å². The Balaban J connectivity index is 1.18. The lowest BCUT2D eigenvalue weighted by Gasteiger charge is -2.28. The van der Waals surface area contributed by atoms with E-state index in [1.54, 1.807) is 0 Å². The molecule has 1 aliphatic rings. The van der Waals surface area contributed by atoms with E-state index in [1.807, 2.05) is 18.2 Å². The Kier molecular flexibility index (Phi) is 6.49. The van der Waals surface area contributed by atoms with Gasteiger partial charge in [-0.3, -0.25) is 4.99 Å². The number of fused-ring (bicyclic) bond motifs is 3. The molecule has 1 aromatic heterocycles. The van der Waals surface area contributed by atoms with Gasteiger partial charge in [0.1, 0.15) is 0 Å². The predicted molar refractivity (Wildman–Crippen MR) is 184 cm³/mol. The van der Waals surface area contributed by atoms with Gasteiger partial charge in [-0.15, -0.1) is 0 Å². The summed E-state index contributed by atoms with van der Waals surface area (Å²) in [4.78, 5) is 10.3. The molecule has 0 saturated heterocycles. The summed E-state index contributed by atoms with van der Waals surface area (Å²) in [5, 5.41) is 2.55. The first kappa shape index (κ1) is 26.1. The Morgan fingerprint density at radius 3 is 1.75 bits per heavy atom. The van der Waals surface area contributed by atoms with Crippen molar-refractivity contribution in [1.29, 1.82) is 0 Å². The van der Waals surface area contributed by atoms with Crippen LogP contribution in [0.2, 0.25) is 0 Å². The molecule has 0 bridgehead atoms. The molecule has 0 aliphatic carbocycles. The third-order valence-corrected chi connectivity index (χ3v) is 8.76. The Hall–Kier alpha value is -5.54. The zero-order valence-corrected chi connectivity index (χ0v) is 24.5. The minimum atomic E-state index is -0.00642. The van der Waals surface area contributed by atoms with E-state index in [-0.39, 0.29) is 12.0 Å². The van der Waals surface area contributed by atoms with Gasteiger partial charge in [0.25, 0.3) is 0 Å². The summed E-state index contributed by atoms with van der Waals surface area (Å²) >= 11 is 0. The summed E-state index contributed by atoms with van der Waals surface area (Å²) in [6.07, 6.45) is 0. The average Bonchev–Trinajstić information content (AvgIpc) is 3.44.